The first-order valence-corrected chi connectivity index (χ1v) is 10.6. The summed E-state index contributed by atoms with van der Waals surface area (Å²) in [5.74, 6) is 3.47. The van der Waals surface area contributed by atoms with Gasteiger partial charge in [0.2, 0.25) is 6.61 Å². The van der Waals surface area contributed by atoms with Crippen LogP contribution >= 0.6 is 0 Å². The number of aliphatic hydroxyl groups is 1. The zero-order valence-corrected chi connectivity index (χ0v) is 16.9. The lowest BCUT2D eigenvalue weighted by Crippen LogP contribution is -2.54. The summed E-state index contributed by atoms with van der Waals surface area (Å²) in [7, 11) is 0. The first kappa shape index (κ1) is 19.5. The largest absolute Gasteiger partial charge is 0.479 e. The average Bonchev–Trinajstić information content (AvgIpc) is 2.93. The first-order valence-electron chi connectivity index (χ1n) is 10.6. The molecule has 4 aliphatic rings. The third-order valence-corrected chi connectivity index (χ3v) is 8.74. The molecule has 3 saturated carbocycles. The van der Waals surface area contributed by atoms with E-state index in [2.05, 4.69) is 31.0 Å². The Labute approximate surface area is 167 Å². The maximum Gasteiger partial charge on any atom is 0.344 e. The van der Waals surface area contributed by atoms with Crippen LogP contribution < -0.4 is 0 Å². The Morgan fingerprint density at radius 3 is 2.71 bits per heavy atom. The van der Waals surface area contributed by atoms with Gasteiger partial charge < -0.3 is 15.1 Å². The van der Waals surface area contributed by atoms with Gasteiger partial charge in [0, 0.05) is 5.41 Å². The van der Waals surface area contributed by atoms with E-state index in [4.69, 9.17) is 16.4 Å². The Bertz CT molecular complexity index is 780. The molecule has 4 aliphatic carbocycles. The molecule has 0 saturated heterocycles. The molecular weight excluding hydrogens is 354 g/mol. The van der Waals surface area contributed by atoms with Crippen molar-refractivity contribution in [1.82, 2.24) is 0 Å². The van der Waals surface area contributed by atoms with Crippen LogP contribution in [-0.4, -0.2) is 34.1 Å². The summed E-state index contributed by atoms with van der Waals surface area (Å²) in [5.41, 5.74) is 1.34. The highest BCUT2D eigenvalue weighted by Crippen LogP contribution is 2.67. The number of fused-ring (bicyclic) bond motifs is 5. The van der Waals surface area contributed by atoms with E-state index < -0.39 is 18.2 Å². The zero-order valence-electron chi connectivity index (χ0n) is 16.9. The van der Waals surface area contributed by atoms with Crippen molar-refractivity contribution in [3.63, 3.8) is 0 Å². The van der Waals surface area contributed by atoms with Crippen LogP contribution in [0.4, 0.5) is 0 Å². The second-order valence-corrected chi connectivity index (χ2v) is 9.75. The molecule has 2 N–H and O–H groups in total. The van der Waals surface area contributed by atoms with Gasteiger partial charge in [-0.3, -0.25) is 0 Å². The maximum absolute atomic E-state index is 11.1. The van der Waals surface area contributed by atoms with Crippen molar-refractivity contribution in [2.75, 3.05) is 6.61 Å². The number of aliphatic carboxylic acids is 1. The number of hydrogen-bond acceptors (Lipinski definition) is 4. The lowest BCUT2D eigenvalue weighted by molar-refractivity contribution is -0.142. The van der Waals surface area contributed by atoms with Crippen LogP contribution in [0.15, 0.2) is 16.8 Å². The van der Waals surface area contributed by atoms with Crippen molar-refractivity contribution < 1.29 is 19.8 Å². The molecular formula is C23H31NO4. The second-order valence-electron chi connectivity index (χ2n) is 9.75. The lowest BCUT2D eigenvalue weighted by atomic mass is 9.46. The van der Waals surface area contributed by atoms with Crippen LogP contribution in [0.1, 0.15) is 65.2 Å². The normalized spacial score (nSPS) is 46.0. The standard InChI is InChI=1S/C23H31NO4/c1-4-23(27)12-9-19-17-6-5-15-13-16(24-28-14-20(25)26)7-10-21(15,2)18(17)8-11-22(19,23)3/h1,13,17-19,27H,5-12,14H2,2-3H3,(H,25,26)/t17?,18?,19?,21-,22-,23+/m0/s1. The van der Waals surface area contributed by atoms with E-state index in [1.165, 1.54) is 5.57 Å². The van der Waals surface area contributed by atoms with Gasteiger partial charge in [-0.25, -0.2) is 4.79 Å². The Kier molecular flexibility index (Phi) is 4.62. The van der Waals surface area contributed by atoms with E-state index >= 15 is 0 Å². The Morgan fingerprint density at radius 1 is 1.25 bits per heavy atom. The third kappa shape index (κ3) is 2.72. The van der Waals surface area contributed by atoms with Gasteiger partial charge in [-0.05, 0) is 80.6 Å². The molecule has 6 atom stereocenters. The molecule has 0 aromatic carbocycles. The number of rotatable bonds is 3. The van der Waals surface area contributed by atoms with Crippen molar-refractivity contribution in [2.45, 2.75) is 70.8 Å². The monoisotopic (exact) mass is 385 g/mol. The van der Waals surface area contributed by atoms with E-state index in [1.54, 1.807) is 0 Å². The highest BCUT2D eigenvalue weighted by Gasteiger charge is 2.63. The Morgan fingerprint density at radius 2 is 2.00 bits per heavy atom. The first-order chi connectivity index (χ1) is 13.2. The fraction of sp³-hybridized carbons (Fsp3) is 0.739. The lowest BCUT2D eigenvalue weighted by Gasteiger charge is -2.58. The fourth-order valence-electron chi connectivity index (χ4n) is 7.07. The average molecular weight is 386 g/mol. The SMILES string of the molecule is C#C[C@@]1(O)CCC2C3CCC4=CC(=NOCC(=O)O)CC[C@]4(C)C3CC[C@@]21C. The predicted octanol–water partition coefficient (Wildman–Crippen LogP) is 3.77. The number of carboxylic acid groups (broad SMARTS) is 1. The molecule has 0 aromatic heterocycles. The third-order valence-electron chi connectivity index (χ3n) is 8.74. The van der Waals surface area contributed by atoms with Gasteiger partial charge in [-0.15, -0.1) is 6.42 Å². The number of carbonyl (C=O) groups is 1. The van der Waals surface area contributed by atoms with Crippen LogP contribution in [0, 0.1) is 40.9 Å². The maximum atomic E-state index is 11.1. The highest BCUT2D eigenvalue weighted by atomic mass is 16.6. The molecule has 28 heavy (non-hydrogen) atoms. The molecule has 0 amide bonds. The molecule has 3 unspecified atom stereocenters. The van der Waals surface area contributed by atoms with Crippen LogP contribution in [-0.2, 0) is 9.63 Å². The second kappa shape index (κ2) is 6.62. The number of terminal acetylenes is 1. The van der Waals surface area contributed by atoms with E-state index in [0.717, 1.165) is 57.1 Å². The smallest absolute Gasteiger partial charge is 0.344 e. The molecule has 0 aliphatic heterocycles. The minimum absolute atomic E-state index is 0.160. The molecule has 3 fully saturated rings. The Hall–Kier alpha value is -1.80. The van der Waals surface area contributed by atoms with Gasteiger partial charge in [-0.2, -0.15) is 0 Å². The molecule has 5 heteroatoms. The minimum Gasteiger partial charge on any atom is -0.479 e. The quantitative estimate of drug-likeness (QED) is 0.572. The summed E-state index contributed by atoms with van der Waals surface area (Å²) in [4.78, 5) is 15.6. The molecule has 0 spiro atoms. The number of oxime groups is 1. The van der Waals surface area contributed by atoms with Crippen LogP contribution in [0.3, 0.4) is 0 Å². The van der Waals surface area contributed by atoms with Crippen molar-refractivity contribution in [2.24, 2.45) is 33.7 Å². The summed E-state index contributed by atoms with van der Waals surface area (Å²) in [6.45, 7) is 4.22. The fourth-order valence-corrected chi connectivity index (χ4v) is 7.07. The van der Waals surface area contributed by atoms with Gasteiger partial charge in [-0.1, -0.05) is 30.5 Å². The number of carboxylic acids is 1. The van der Waals surface area contributed by atoms with E-state index in [9.17, 15) is 9.90 Å². The van der Waals surface area contributed by atoms with Crippen LogP contribution in [0.2, 0.25) is 0 Å². The molecule has 0 bridgehead atoms. The summed E-state index contributed by atoms with van der Waals surface area (Å²) < 4.78 is 0. The number of hydrogen-bond donors (Lipinski definition) is 2. The summed E-state index contributed by atoms with van der Waals surface area (Å²) in [6, 6.07) is 0. The van der Waals surface area contributed by atoms with Crippen molar-refractivity contribution >= 4 is 11.7 Å². The summed E-state index contributed by atoms with van der Waals surface area (Å²) >= 11 is 0. The Balaban J connectivity index is 1.57. The van der Waals surface area contributed by atoms with Crippen molar-refractivity contribution in [3.05, 3.63) is 11.6 Å². The van der Waals surface area contributed by atoms with Crippen LogP contribution in [0.25, 0.3) is 0 Å². The molecule has 0 radical (unpaired) electrons. The van der Waals surface area contributed by atoms with Gasteiger partial charge in [0.1, 0.15) is 5.60 Å². The van der Waals surface area contributed by atoms with Gasteiger partial charge >= 0.3 is 5.97 Å². The summed E-state index contributed by atoms with van der Waals surface area (Å²) in [5, 5.41) is 23.8. The summed E-state index contributed by atoms with van der Waals surface area (Å²) in [6.07, 6.45) is 15.8. The minimum atomic E-state index is -1.01. The topological polar surface area (TPSA) is 79.1 Å². The number of nitrogens with zero attached hydrogens (tertiary/aromatic N) is 1. The molecule has 152 valence electrons. The molecule has 0 heterocycles. The number of allylic oxidation sites excluding steroid dienone is 2. The predicted molar refractivity (Wildman–Crippen MR) is 107 cm³/mol. The van der Waals surface area contributed by atoms with E-state index in [0.29, 0.717) is 17.8 Å². The van der Waals surface area contributed by atoms with Crippen LogP contribution in [0.5, 0.6) is 0 Å². The molecule has 0 aromatic rings. The molecule has 4 rings (SSSR count). The van der Waals surface area contributed by atoms with Gasteiger partial charge in [0.15, 0.2) is 0 Å². The van der Waals surface area contributed by atoms with Crippen molar-refractivity contribution in [3.8, 4) is 12.3 Å². The zero-order chi connectivity index (χ0) is 20.2. The highest BCUT2D eigenvalue weighted by molar-refractivity contribution is 5.96. The van der Waals surface area contributed by atoms with E-state index in [-0.39, 0.29) is 10.8 Å². The van der Waals surface area contributed by atoms with Gasteiger partial charge in [0.05, 0.1) is 5.71 Å². The molecule has 5 nitrogen and oxygen atoms in total. The van der Waals surface area contributed by atoms with E-state index in [1.807, 2.05) is 0 Å². The van der Waals surface area contributed by atoms with Crippen molar-refractivity contribution in [1.29, 1.82) is 0 Å². The van der Waals surface area contributed by atoms with Gasteiger partial charge in [0.25, 0.3) is 0 Å².